The number of halogens is 1. The van der Waals surface area contributed by atoms with Crippen molar-refractivity contribution in [2.24, 2.45) is 11.7 Å². The number of nitrogens with one attached hydrogen (secondary N) is 3. The Morgan fingerprint density at radius 3 is 2.63 bits per heavy atom. The van der Waals surface area contributed by atoms with E-state index < -0.39 is 0 Å². The SMILES string of the molecule is CCC(CN)C(=O)Nc1cc2[nH]c(=O)[nH]c2cc1Br. The lowest BCUT2D eigenvalue weighted by Crippen LogP contribution is -2.28. The number of aromatic nitrogens is 2. The number of imidazole rings is 1. The number of H-pyrrole nitrogens is 2. The van der Waals surface area contributed by atoms with Crippen molar-refractivity contribution in [1.82, 2.24) is 9.97 Å². The highest BCUT2D eigenvalue weighted by molar-refractivity contribution is 9.10. The number of aromatic amines is 2. The van der Waals surface area contributed by atoms with Crippen molar-refractivity contribution in [3.05, 3.63) is 27.1 Å². The summed E-state index contributed by atoms with van der Waals surface area (Å²) >= 11 is 3.37. The molecule has 0 bridgehead atoms. The van der Waals surface area contributed by atoms with Crippen LogP contribution in [0.15, 0.2) is 21.4 Å². The zero-order valence-electron chi connectivity index (χ0n) is 10.4. The average molecular weight is 327 g/mol. The molecule has 1 aromatic carbocycles. The fourth-order valence-corrected chi connectivity index (χ4v) is 2.29. The highest BCUT2D eigenvalue weighted by atomic mass is 79.9. The monoisotopic (exact) mass is 326 g/mol. The zero-order valence-corrected chi connectivity index (χ0v) is 12.0. The zero-order chi connectivity index (χ0) is 14.0. The quantitative estimate of drug-likeness (QED) is 0.685. The third-order valence-electron chi connectivity index (χ3n) is 3.01. The van der Waals surface area contributed by atoms with E-state index in [1.54, 1.807) is 12.1 Å². The number of fused-ring (bicyclic) bond motifs is 1. The first-order chi connectivity index (χ1) is 9.05. The van der Waals surface area contributed by atoms with Crippen LogP contribution in [-0.2, 0) is 4.79 Å². The van der Waals surface area contributed by atoms with E-state index in [2.05, 4.69) is 31.2 Å². The number of nitrogens with two attached hydrogens (primary N) is 1. The number of carbonyl (C=O) groups excluding carboxylic acids is 1. The predicted octanol–water partition coefficient (Wildman–Crippen LogP) is 1.54. The van der Waals surface area contributed by atoms with Crippen molar-refractivity contribution >= 4 is 38.6 Å². The molecule has 0 aliphatic carbocycles. The molecule has 0 fully saturated rings. The lowest BCUT2D eigenvalue weighted by atomic mass is 10.1. The predicted molar refractivity (Wildman–Crippen MR) is 78.1 cm³/mol. The molecule has 0 spiro atoms. The normalized spacial score (nSPS) is 12.6. The van der Waals surface area contributed by atoms with Gasteiger partial charge < -0.3 is 21.0 Å². The summed E-state index contributed by atoms with van der Waals surface area (Å²) in [7, 11) is 0. The summed E-state index contributed by atoms with van der Waals surface area (Å²) in [6.45, 7) is 2.22. The van der Waals surface area contributed by atoms with E-state index in [-0.39, 0.29) is 17.5 Å². The molecule has 7 heteroatoms. The van der Waals surface area contributed by atoms with Gasteiger partial charge in [0.05, 0.1) is 22.6 Å². The summed E-state index contributed by atoms with van der Waals surface area (Å²) in [5.41, 5.74) is 7.20. The average Bonchev–Trinajstić information content (AvgIpc) is 2.70. The van der Waals surface area contributed by atoms with Crippen LogP contribution in [0.2, 0.25) is 0 Å². The number of carbonyl (C=O) groups is 1. The fourth-order valence-electron chi connectivity index (χ4n) is 1.85. The summed E-state index contributed by atoms with van der Waals surface area (Å²) in [5.74, 6) is -0.337. The molecule has 0 saturated carbocycles. The first-order valence-corrected chi connectivity index (χ1v) is 6.77. The maximum absolute atomic E-state index is 12.0. The molecule has 1 aromatic heterocycles. The van der Waals surface area contributed by atoms with Crippen LogP contribution in [0, 0.1) is 5.92 Å². The Labute approximate surface area is 117 Å². The second-order valence-corrected chi connectivity index (χ2v) is 5.14. The second-order valence-electron chi connectivity index (χ2n) is 4.29. The number of hydrogen-bond acceptors (Lipinski definition) is 3. The van der Waals surface area contributed by atoms with Crippen molar-refractivity contribution in [3.63, 3.8) is 0 Å². The smallest absolute Gasteiger partial charge is 0.323 e. The highest BCUT2D eigenvalue weighted by Gasteiger charge is 2.16. The van der Waals surface area contributed by atoms with E-state index in [1.807, 2.05) is 6.92 Å². The first kappa shape index (κ1) is 13.8. The van der Waals surface area contributed by atoms with Crippen molar-refractivity contribution in [2.75, 3.05) is 11.9 Å². The third-order valence-corrected chi connectivity index (χ3v) is 3.67. The topological polar surface area (TPSA) is 104 Å². The molecular weight excluding hydrogens is 312 g/mol. The Bertz CT molecular complexity index is 657. The van der Waals surface area contributed by atoms with Crippen LogP contribution in [0.5, 0.6) is 0 Å². The number of rotatable bonds is 4. The van der Waals surface area contributed by atoms with Gasteiger partial charge in [0.2, 0.25) is 5.91 Å². The molecule has 1 amide bonds. The first-order valence-electron chi connectivity index (χ1n) is 5.97. The molecule has 0 aliphatic rings. The lowest BCUT2D eigenvalue weighted by molar-refractivity contribution is -0.119. The Morgan fingerprint density at radius 1 is 1.42 bits per heavy atom. The van der Waals surface area contributed by atoms with Crippen LogP contribution < -0.4 is 16.7 Å². The Kier molecular flexibility index (Phi) is 4.06. The van der Waals surface area contributed by atoms with E-state index in [1.165, 1.54) is 0 Å². The van der Waals surface area contributed by atoms with Gasteiger partial charge in [0, 0.05) is 11.0 Å². The molecule has 1 unspecified atom stereocenters. The third kappa shape index (κ3) is 2.87. The van der Waals surface area contributed by atoms with Gasteiger partial charge in [-0.15, -0.1) is 0 Å². The minimum atomic E-state index is -0.279. The van der Waals surface area contributed by atoms with Crippen molar-refractivity contribution in [3.8, 4) is 0 Å². The standard InChI is InChI=1S/C12H15BrN4O2/c1-2-6(5-14)11(18)15-8-4-10-9(3-7(8)13)16-12(19)17-10/h3-4,6H,2,5,14H2,1H3,(H,15,18)(H2,16,17,19). The summed E-state index contributed by atoms with van der Waals surface area (Å²) in [5, 5.41) is 2.81. The van der Waals surface area contributed by atoms with E-state index in [9.17, 15) is 9.59 Å². The van der Waals surface area contributed by atoms with Crippen LogP contribution >= 0.6 is 15.9 Å². The molecule has 1 atom stereocenters. The number of amides is 1. The number of anilines is 1. The van der Waals surface area contributed by atoms with Gasteiger partial charge in [0.15, 0.2) is 0 Å². The summed E-state index contributed by atoms with van der Waals surface area (Å²) in [6.07, 6.45) is 0.684. The maximum atomic E-state index is 12.0. The highest BCUT2D eigenvalue weighted by Crippen LogP contribution is 2.26. The largest absolute Gasteiger partial charge is 0.330 e. The molecule has 2 rings (SSSR count). The van der Waals surface area contributed by atoms with Gasteiger partial charge in [0.25, 0.3) is 0 Å². The fraction of sp³-hybridized carbons (Fsp3) is 0.333. The molecule has 2 aromatic rings. The van der Waals surface area contributed by atoms with Crippen LogP contribution in [0.1, 0.15) is 13.3 Å². The van der Waals surface area contributed by atoms with Crippen molar-refractivity contribution < 1.29 is 4.79 Å². The Hall–Kier alpha value is -1.60. The van der Waals surface area contributed by atoms with E-state index in [4.69, 9.17) is 5.73 Å². The van der Waals surface area contributed by atoms with Gasteiger partial charge in [-0.25, -0.2) is 4.79 Å². The number of benzene rings is 1. The molecular formula is C12H15BrN4O2. The van der Waals surface area contributed by atoms with Crippen LogP contribution in [0.4, 0.5) is 5.69 Å². The van der Waals surface area contributed by atoms with Gasteiger partial charge in [-0.05, 0) is 34.5 Å². The van der Waals surface area contributed by atoms with E-state index in [0.29, 0.717) is 34.2 Å². The van der Waals surface area contributed by atoms with E-state index in [0.717, 1.165) is 0 Å². The molecule has 0 aliphatic heterocycles. The summed E-state index contributed by atoms with van der Waals surface area (Å²) < 4.78 is 0.704. The molecule has 19 heavy (non-hydrogen) atoms. The second kappa shape index (κ2) is 5.58. The van der Waals surface area contributed by atoms with Gasteiger partial charge in [0.1, 0.15) is 0 Å². The van der Waals surface area contributed by atoms with Gasteiger partial charge in [-0.3, -0.25) is 4.79 Å². The molecule has 1 heterocycles. The minimum Gasteiger partial charge on any atom is -0.330 e. The van der Waals surface area contributed by atoms with Crippen LogP contribution in [-0.4, -0.2) is 22.4 Å². The van der Waals surface area contributed by atoms with Crippen molar-refractivity contribution in [1.29, 1.82) is 0 Å². The molecule has 102 valence electrons. The maximum Gasteiger partial charge on any atom is 0.323 e. The molecule has 0 saturated heterocycles. The van der Waals surface area contributed by atoms with Crippen LogP contribution in [0.3, 0.4) is 0 Å². The molecule has 6 nitrogen and oxygen atoms in total. The van der Waals surface area contributed by atoms with Gasteiger partial charge >= 0.3 is 5.69 Å². The lowest BCUT2D eigenvalue weighted by Gasteiger charge is -2.13. The summed E-state index contributed by atoms with van der Waals surface area (Å²) in [6, 6.07) is 3.45. The molecule has 5 N–H and O–H groups in total. The van der Waals surface area contributed by atoms with Gasteiger partial charge in [-0.2, -0.15) is 0 Å². The Morgan fingerprint density at radius 2 is 2.05 bits per heavy atom. The van der Waals surface area contributed by atoms with Gasteiger partial charge in [-0.1, -0.05) is 6.92 Å². The minimum absolute atomic E-state index is 0.122. The number of hydrogen-bond donors (Lipinski definition) is 4. The van der Waals surface area contributed by atoms with Crippen molar-refractivity contribution in [2.45, 2.75) is 13.3 Å². The van der Waals surface area contributed by atoms with E-state index >= 15 is 0 Å². The summed E-state index contributed by atoms with van der Waals surface area (Å²) in [4.78, 5) is 28.5. The Balaban J connectivity index is 2.32. The van der Waals surface area contributed by atoms with Crippen LogP contribution in [0.25, 0.3) is 11.0 Å². The molecule has 0 radical (unpaired) electrons.